The third-order valence-corrected chi connectivity index (χ3v) is 3.68. The molecule has 3 heteroatoms. The van der Waals surface area contributed by atoms with Crippen molar-refractivity contribution in [1.29, 1.82) is 0 Å². The zero-order valence-electron chi connectivity index (χ0n) is 9.18. The van der Waals surface area contributed by atoms with Crippen LogP contribution in [0.4, 0.5) is 0 Å². The van der Waals surface area contributed by atoms with Gasteiger partial charge in [0.05, 0.1) is 0 Å². The van der Waals surface area contributed by atoms with Crippen molar-refractivity contribution in [3.8, 4) is 0 Å². The molecule has 0 atom stereocenters. The number of aryl methyl sites for hydroxylation is 1. The molecule has 1 heterocycles. The van der Waals surface area contributed by atoms with Crippen molar-refractivity contribution in [2.45, 2.75) is 23.3 Å². The van der Waals surface area contributed by atoms with Gasteiger partial charge in [-0.25, -0.2) is 0 Å². The summed E-state index contributed by atoms with van der Waals surface area (Å²) < 4.78 is 0. The van der Waals surface area contributed by atoms with Crippen LogP contribution >= 0.6 is 11.8 Å². The summed E-state index contributed by atoms with van der Waals surface area (Å²) in [7, 11) is 0. The van der Waals surface area contributed by atoms with Gasteiger partial charge in [0, 0.05) is 28.7 Å². The molecule has 2 N–H and O–H groups in total. The maximum absolute atomic E-state index is 5.75. The summed E-state index contributed by atoms with van der Waals surface area (Å²) in [5, 5.41) is 0. The Morgan fingerprint density at radius 3 is 2.62 bits per heavy atom. The number of aromatic nitrogens is 1. The molecule has 0 fully saturated rings. The molecule has 0 aliphatic carbocycles. The van der Waals surface area contributed by atoms with E-state index >= 15 is 0 Å². The maximum Gasteiger partial charge on any atom is 0.0279 e. The second-order valence-corrected chi connectivity index (χ2v) is 4.64. The van der Waals surface area contributed by atoms with Crippen LogP contribution in [0.3, 0.4) is 0 Å². The van der Waals surface area contributed by atoms with Crippen molar-refractivity contribution in [2.75, 3.05) is 0 Å². The van der Waals surface area contributed by atoms with Gasteiger partial charge in [0.25, 0.3) is 0 Å². The Labute approximate surface area is 99.9 Å². The Balaban J connectivity index is 2.34. The maximum atomic E-state index is 5.75. The number of hydrogen-bond donors (Lipinski definition) is 1. The van der Waals surface area contributed by atoms with Gasteiger partial charge >= 0.3 is 0 Å². The summed E-state index contributed by atoms with van der Waals surface area (Å²) in [6.45, 7) is 2.69. The molecule has 1 aromatic heterocycles. The minimum absolute atomic E-state index is 0.578. The van der Waals surface area contributed by atoms with E-state index in [4.69, 9.17) is 5.73 Å². The molecule has 0 saturated heterocycles. The molecule has 82 valence electrons. The monoisotopic (exact) mass is 230 g/mol. The molecule has 0 bridgehead atoms. The highest BCUT2D eigenvalue weighted by Crippen LogP contribution is 2.32. The average molecular weight is 230 g/mol. The largest absolute Gasteiger partial charge is 0.326 e. The fourth-order valence-corrected chi connectivity index (χ4v) is 2.55. The minimum Gasteiger partial charge on any atom is -0.326 e. The van der Waals surface area contributed by atoms with E-state index in [0.717, 1.165) is 0 Å². The van der Waals surface area contributed by atoms with Gasteiger partial charge in [0.2, 0.25) is 0 Å². The highest BCUT2D eigenvalue weighted by Gasteiger charge is 2.05. The zero-order valence-corrected chi connectivity index (χ0v) is 10.00. The number of hydrogen-bond acceptors (Lipinski definition) is 3. The second-order valence-electron chi connectivity index (χ2n) is 3.55. The Kier molecular flexibility index (Phi) is 3.59. The molecule has 0 aliphatic rings. The minimum atomic E-state index is 0.578. The molecule has 1 aromatic carbocycles. The van der Waals surface area contributed by atoms with Crippen molar-refractivity contribution in [1.82, 2.24) is 4.98 Å². The fraction of sp³-hybridized carbons (Fsp3) is 0.154. The van der Waals surface area contributed by atoms with Crippen LogP contribution in [-0.2, 0) is 6.54 Å². The highest BCUT2D eigenvalue weighted by molar-refractivity contribution is 7.99. The average Bonchev–Trinajstić information content (AvgIpc) is 2.33. The van der Waals surface area contributed by atoms with E-state index in [1.54, 1.807) is 11.8 Å². The summed E-state index contributed by atoms with van der Waals surface area (Å²) in [4.78, 5) is 6.47. The Hall–Kier alpha value is -1.32. The molecule has 0 amide bonds. The van der Waals surface area contributed by atoms with E-state index in [-0.39, 0.29) is 0 Å². The fourth-order valence-electron chi connectivity index (χ4n) is 1.54. The highest BCUT2D eigenvalue weighted by atomic mass is 32.2. The Bertz CT molecular complexity index is 469. The van der Waals surface area contributed by atoms with Crippen molar-refractivity contribution >= 4 is 11.8 Å². The van der Waals surface area contributed by atoms with Gasteiger partial charge in [-0.15, -0.1) is 0 Å². The standard InChI is InChI=1S/C13H14N2S/c1-10-3-2-4-11(9-14)13(10)16-12-5-7-15-8-6-12/h2-8H,9,14H2,1H3. The lowest BCUT2D eigenvalue weighted by Gasteiger charge is -2.10. The third kappa shape index (κ3) is 2.43. The van der Waals surface area contributed by atoms with Gasteiger partial charge < -0.3 is 5.73 Å². The van der Waals surface area contributed by atoms with Crippen molar-refractivity contribution < 1.29 is 0 Å². The quantitative estimate of drug-likeness (QED) is 0.881. The Morgan fingerprint density at radius 1 is 1.19 bits per heavy atom. The predicted octanol–water partition coefficient (Wildman–Crippen LogP) is 3.00. The molecule has 0 spiro atoms. The predicted molar refractivity (Wildman–Crippen MR) is 67.4 cm³/mol. The zero-order chi connectivity index (χ0) is 11.4. The first-order chi connectivity index (χ1) is 7.81. The lowest BCUT2D eigenvalue weighted by atomic mass is 10.1. The van der Waals surface area contributed by atoms with E-state index in [0.29, 0.717) is 6.54 Å². The number of rotatable bonds is 3. The number of pyridine rings is 1. The molecule has 0 saturated carbocycles. The van der Waals surface area contributed by atoms with Crippen molar-refractivity contribution in [2.24, 2.45) is 5.73 Å². The molecule has 2 nitrogen and oxygen atoms in total. The van der Waals surface area contributed by atoms with Crippen LogP contribution < -0.4 is 5.73 Å². The summed E-state index contributed by atoms with van der Waals surface area (Å²) in [5.74, 6) is 0. The summed E-state index contributed by atoms with van der Waals surface area (Å²) in [6, 6.07) is 10.3. The number of nitrogens with two attached hydrogens (primary N) is 1. The van der Waals surface area contributed by atoms with E-state index in [1.165, 1.54) is 20.9 Å². The number of benzene rings is 1. The van der Waals surface area contributed by atoms with E-state index in [9.17, 15) is 0 Å². The molecular weight excluding hydrogens is 216 g/mol. The molecule has 0 aliphatic heterocycles. The van der Waals surface area contributed by atoms with E-state index in [1.807, 2.05) is 30.6 Å². The summed E-state index contributed by atoms with van der Waals surface area (Å²) in [6.07, 6.45) is 3.62. The van der Waals surface area contributed by atoms with Crippen LogP contribution in [0.15, 0.2) is 52.5 Å². The summed E-state index contributed by atoms with van der Waals surface area (Å²) >= 11 is 1.75. The Morgan fingerprint density at radius 2 is 1.94 bits per heavy atom. The van der Waals surface area contributed by atoms with Crippen LogP contribution in [0.2, 0.25) is 0 Å². The van der Waals surface area contributed by atoms with Gasteiger partial charge in [-0.1, -0.05) is 30.0 Å². The molecule has 0 unspecified atom stereocenters. The topological polar surface area (TPSA) is 38.9 Å². The summed E-state index contributed by atoms with van der Waals surface area (Å²) in [5.41, 5.74) is 8.21. The van der Waals surface area contributed by atoms with E-state index in [2.05, 4.69) is 24.0 Å². The lowest BCUT2D eigenvalue weighted by Crippen LogP contribution is -1.99. The normalized spacial score (nSPS) is 10.4. The first-order valence-corrected chi connectivity index (χ1v) is 5.99. The molecule has 0 radical (unpaired) electrons. The SMILES string of the molecule is Cc1cccc(CN)c1Sc1ccncc1. The van der Waals surface area contributed by atoms with Gasteiger partial charge in [-0.05, 0) is 30.2 Å². The van der Waals surface area contributed by atoms with Crippen LogP contribution in [0.25, 0.3) is 0 Å². The van der Waals surface area contributed by atoms with Crippen LogP contribution in [-0.4, -0.2) is 4.98 Å². The first kappa shape index (κ1) is 11.2. The van der Waals surface area contributed by atoms with Gasteiger partial charge in [0.1, 0.15) is 0 Å². The third-order valence-electron chi connectivity index (χ3n) is 2.38. The van der Waals surface area contributed by atoms with Crippen LogP contribution in [0, 0.1) is 6.92 Å². The van der Waals surface area contributed by atoms with Crippen LogP contribution in [0.5, 0.6) is 0 Å². The molecular formula is C13H14N2S. The molecule has 2 rings (SSSR count). The second kappa shape index (κ2) is 5.14. The van der Waals surface area contributed by atoms with Gasteiger partial charge in [-0.2, -0.15) is 0 Å². The lowest BCUT2D eigenvalue weighted by molar-refractivity contribution is 1.01. The van der Waals surface area contributed by atoms with Crippen LogP contribution in [0.1, 0.15) is 11.1 Å². The smallest absolute Gasteiger partial charge is 0.0279 e. The molecule has 16 heavy (non-hydrogen) atoms. The first-order valence-electron chi connectivity index (χ1n) is 5.17. The molecule has 2 aromatic rings. The van der Waals surface area contributed by atoms with Crippen molar-refractivity contribution in [3.05, 3.63) is 53.9 Å². The van der Waals surface area contributed by atoms with Gasteiger partial charge in [-0.3, -0.25) is 4.98 Å². The van der Waals surface area contributed by atoms with E-state index < -0.39 is 0 Å². The van der Waals surface area contributed by atoms with Crippen molar-refractivity contribution in [3.63, 3.8) is 0 Å². The van der Waals surface area contributed by atoms with Gasteiger partial charge in [0.15, 0.2) is 0 Å². The number of nitrogens with zero attached hydrogens (tertiary/aromatic N) is 1.